The summed E-state index contributed by atoms with van der Waals surface area (Å²) in [5.74, 6) is 1.05. The maximum absolute atomic E-state index is 13.9. The molecule has 34 heavy (non-hydrogen) atoms. The van der Waals surface area contributed by atoms with Gasteiger partial charge in [0.25, 0.3) is 0 Å². The number of hydrogen-bond donors (Lipinski definition) is 1. The SMILES string of the molecule is CO[C@@H]1CCN(c2ccc3c(c2)N(C(=O)[C@H]2CC[C@H](OC(C)C)CC2)Cc2cccnc2N3)C1. The number of carbonyl (C=O) groups excluding carboxylic acids is 1. The van der Waals surface area contributed by atoms with Crippen LogP contribution in [-0.4, -0.2) is 49.4 Å². The zero-order chi connectivity index (χ0) is 23.7. The maximum atomic E-state index is 13.9. The first-order valence-corrected chi connectivity index (χ1v) is 12.6. The Balaban J connectivity index is 1.43. The number of carbonyl (C=O) groups is 1. The Morgan fingerprint density at radius 1 is 1.12 bits per heavy atom. The van der Waals surface area contributed by atoms with E-state index >= 15 is 0 Å². The largest absolute Gasteiger partial charge is 0.380 e. The summed E-state index contributed by atoms with van der Waals surface area (Å²) in [5.41, 5.74) is 4.02. The van der Waals surface area contributed by atoms with Gasteiger partial charge in [0.15, 0.2) is 0 Å². The molecule has 1 aromatic carbocycles. The fourth-order valence-corrected chi connectivity index (χ4v) is 5.51. The first-order chi connectivity index (χ1) is 16.5. The molecule has 3 heterocycles. The smallest absolute Gasteiger partial charge is 0.230 e. The molecule has 1 saturated carbocycles. The average molecular weight is 465 g/mol. The Labute approximate surface area is 202 Å². The predicted molar refractivity (Wildman–Crippen MR) is 135 cm³/mol. The van der Waals surface area contributed by atoms with E-state index in [1.165, 1.54) is 0 Å². The van der Waals surface area contributed by atoms with Crippen LogP contribution in [0.15, 0.2) is 36.5 Å². The van der Waals surface area contributed by atoms with E-state index < -0.39 is 0 Å². The number of methoxy groups -OCH3 is 1. The fraction of sp³-hybridized carbons (Fsp3) is 0.556. The summed E-state index contributed by atoms with van der Waals surface area (Å²) in [6.07, 6.45) is 7.19. The van der Waals surface area contributed by atoms with Crippen LogP contribution in [0.5, 0.6) is 0 Å². The molecule has 1 saturated heterocycles. The van der Waals surface area contributed by atoms with E-state index in [2.05, 4.69) is 53.3 Å². The van der Waals surface area contributed by atoms with Crippen molar-refractivity contribution in [3.05, 3.63) is 42.1 Å². The average Bonchev–Trinajstić information content (AvgIpc) is 3.26. The molecule has 0 unspecified atom stereocenters. The van der Waals surface area contributed by atoms with Crippen molar-refractivity contribution >= 4 is 28.8 Å². The van der Waals surface area contributed by atoms with Gasteiger partial charge in [-0.05, 0) is 70.2 Å². The number of ether oxygens (including phenoxy) is 2. The highest BCUT2D eigenvalue weighted by Crippen LogP contribution is 2.40. The lowest BCUT2D eigenvalue weighted by Crippen LogP contribution is -2.38. The molecule has 0 bridgehead atoms. The van der Waals surface area contributed by atoms with Gasteiger partial charge >= 0.3 is 0 Å². The van der Waals surface area contributed by atoms with E-state index in [-0.39, 0.29) is 30.1 Å². The van der Waals surface area contributed by atoms with Gasteiger partial charge in [0.05, 0.1) is 36.2 Å². The summed E-state index contributed by atoms with van der Waals surface area (Å²) < 4.78 is 11.6. The van der Waals surface area contributed by atoms with Gasteiger partial charge in [-0.25, -0.2) is 4.98 Å². The van der Waals surface area contributed by atoms with Crippen LogP contribution in [0.4, 0.5) is 22.9 Å². The zero-order valence-electron chi connectivity index (χ0n) is 20.5. The number of pyridine rings is 1. The van der Waals surface area contributed by atoms with Crippen molar-refractivity contribution in [3.8, 4) is 0 Å². The minimum absolute atomic E-state index is 0.0198. The third-order valence-corrected chi connectivity index (χ3v) is 7.34. The van der Waals surface area contributed by atoms with Gasteiger partial charge in [-0.3, -0.25) is 4.79 Å². The quantitative estimate of drug-likeness (QED) is 0.680. The van der Waals surface area contributed by atoms with Crippen molar-refractivity contribution in [3.63, 3.8) is 0 Å². The molecule has 3 aliphatic rings. The van der Waals surface area contributed by atoms with Crippen LogP contribution in [0, 0.1) is 5.92 Å². The van der Waals surface area contributed by atoms with Crippen LogP contribution in [-0.2, 0) is 20.8 Å². The minimum Gasteiger partial charge on any atom is -0.380 e. The van der Waals surface area contributed by atoms with Gasteiger partial charge < -0.3 is 24.6 Å². The van der Waals surface area contributed by atoms with E-state index in [1.54, 1.807) is 13.3 Å². The fourth-order valence-electron chi connectivity index (χ4n) is 5.51. The zero-order valence-corrected chi connectivity index (χ0v) is 20.5. The van der Waals surface area contributed by atoms with E-state index in [9.17, 15) is 4.79 Å². The molecule has 1 N–H and O–H groups in total. The number of nitrogens with one attached hydrogen (secondary N) is 1. The van der Waals surface area contributed by atoms with E-state index in [0.717, 1.165) is 73.6 Å². The number of amides is 1. The summed E-state index contributed by atoms with van der Waals surface area (Å²) in [7, 11) is 1.78. The molecular weight excluding hydrogens is 428 g/mol. The van der Waals surface area contributed by atoms with Gasteiger partial charge in [-0.2, -0.15) is 0 Å². The van der Waals surface area contributed by atoms with Crippen molar-refractivity contribution in [2.75, 3.05) is 35.3 Å². The third kappa shape index (κ3) is 4.77. The van der Waals surface area contributed by atoms with Gasteiger partial charge in [-0.15, -0.1) is 0 Å². The number of benzene rings is 1. The van der Waals surface area contributed by atoms with Crippen molar-refractivity contribution in [2.45, 2.75) is 70.8 Å². The number of nitrogens with zero attached hydrogens (tertiary/aromatic N) is 3. The molecule has 2 fully saturated rings. The second kappa shape index (κ2) is 9.92. The van der Waals surface area contributed by atoms with E-state index in [1.807, 2.05) is 11.0 Å². The highest BCUT2D eigenvalue weighted by Gasteiger charge is 2.34. The van der Waals surface area contributed by atoms with E-state index in [4.69, 9.17) is 9.47 Å². The molecule has 1 atom stereocenters. The maximum Gasteiger partial charge on any atom is 0.230 e. The minimum atomic E-state index is 0.0198. The number of anilines is 4. The highest BCUT2D eigenvalue weighted by molar-refractivity contribution is 6.00. The Morgan fingerprint density at radius 3 is 2.68 bits per heavy atom. The van der Waals surface area contributed by atoms with Crippen LogP contribution in [0.3, 0.4) is 0 Å². The molecule has 7 heteroatoms. The monoisotopic (exact) mass is 464 g/mol. The van der Waals surface area contributed by atoms with Crippen molar-refractivity contribution in [2.24, 2.45) is 5.92 Å². The van der Waals surface area contributed by atoms with Gasteiger partial charge in [0, 0.05) is 43.6 Å². The van der Waals surface area contributed by atoms with E-state index in [0.29, 0.717) is 6.54 Å². The second-order valence-corrected chi connectivity index (χ2v) is 10.0. The molecule has 1 aromatic heterocycles. The Hall–Kier alpha value is -2.64. The Kier molecular flexibility index (Phi) is 6.75. The molecule has 1 amide bonds. The summed E-state index contributed by atoms with van der Waals surface area (Å²) in [6.45, 7) is 6.51. The second-order valence-electron chi connectivity index (χ2n) is 10.0. The summed E-state index contributed by atoms with van der Waals surface area (Å²) in [4.78, 5) is 22.8. The number of rotatable bonds is 5. The van der Waals surface area contributed by atoms with Crippen molar-refractivity contribution in [1.29, 1.82) is 0 Å². The topological polar surface area (TPSA) is 66.9 Å². The molecule has 0 spiro atoms. The summed E-state index contributed by atoms with van der Waals surface area (Å²) in [5, 5.41) is 3.49. The molecule has 2 aromatic rings. The molecule has 0 radical (unpaired) electrons. The third-order valence-electron chi connectivity index (χ3n) is 7.34. The molecule has 182 valence electrons. The van der Waals surface area contributed by atoms with Crippen molar-refractivity contribution in [1.82, 2.24) is 4.98 Å². The number of fused-ring (bicyclic) bond motifs is 2. The number of hydrogen-bond acceptors (Lipinski definition) is 6. The molecular formula is C27H36N4O3. The molecule has 1 aliphatic carbocycles. The van der Waals surface area contributed by atoms with Gasteiger partial charge in [0.1, 0.15) is 5.82 Å². The van der Waals surface area contributed by atoms with Crippen LogP contribution < -0.4 is 15.1 Å². The predicted octanol–water partition coefficient (Wildman–Crippen LogP) is 4.88. The van der Waals surface area contributed by atoms with Crippen LogP contribution >= 0.6 is 0 Å². The summed E-state index contributed by atoms with van der Waals surface area (Å²) >= 11 is 0. The van der Waals surface area contributed by atoms with Crippen LogP contribution in [0.2, 0.25) is 0 Å². The van der Waals surface area contributed by atoms with Crippen LogP contribution in [0.1, 0.15) is 51.5 Å². The first kappa shape index (κ1) is 23.1. The lowest BCUT2D eigenvalue weighted by Gasteiger charge is -2.33. The molecule has 7 nitrogen and oxygen atoms in total. The standard InChI is InChI=1S/C27H36N4O3/c1-18(2)34-22-9-6-19(7-10-22)27(32)31-16-20-5-4-13-28-26(20)29-24-11-8-21(15-25(24)31)30-14-12-23(17-30)33-3/h4-5,8,11,13,15,18-19,22-23H,6-7,9-10,12,14,16-17H2,1-3H3,(H,28,29)/t19-,22-,23-/m1/s1. The molecule has 5 rings (SSSR count). The van der Waals surface area contributed by atoms with Crippen LogP contribution in [0.25, 0.3) is 0 Å². The molecule has 2 aliphatic heterocycles. The first-order valence-electron chi connectivity index (χ1n) is 12.6. The van der Waals surface area contributed by atoms with Gasteiger partial charge in [-0.1, -0.05) is 6.07 Å². The highest BCUT2D eigenvalue weighted by atomic mass is 16.5. The summed E-state index contributed by atoms with van der Waals surface area (Å²) in [6, 6.07) is 10.4. The Bertz CT molecular complexity index is 1020. The lowest BCUT2D eigenvalue weighted by atomic mass is 9.86. The van der Waals surface area contributed by atoms with Gasteiger partial charge in [0.2, 0.25) is 5.91 Å². The normalized spacial score (nSPS) is 24.4. The van der Waals surface area contributed by atoms with Crippen molar-refractivity contribution < 1.29 is 14.3 Å². The lowest BCUT2D eigenvalue weighted by molar-refractivity contribution is -0.124. The Morgan fingerprint density at radius 2 is 1.94 bits per heavy atom. The number of aromatic nitrogens is 1.